The number of rotatable bonds is 3. The molecule has 0 unspecified atom stereocenters. The van der Waals surface area contributed by atoms with E-state index in [0.717, 1.165) is 0 Å². The number of hydrogen-bond donors (Lipinski definition) is 2. The van der Waals surface area contributed by atoms with Crippen LogP contribution in [0.25, 0.3) is 0 Å². The molecule has 8 heteroatoms. The maximum absolute atomic E-state index is 11.4. The summed E-state index contributed by atoms with van der Waals surface area (Å²) < 4.78 is 0. The number of hydrazine groups is 1. The van der Waals surface area contributed by atoms with Crippen LogP contribution in [0.2, 0.25) is 0 Å². The van der Waals surface area contributed by atoms with Crippen LogP contribution in [0.4, 0.5) is 11.4 Å². The van der Waals surface area contributed by atoms with Gasteiger partial charge in [-0.3, -0.25) is 20.1 Å². The fraction of sp³-hybridized carbons (Fsp3) is 0.188. The summed E-state index contributed by atoms with van der Waals surface area (Å²) in [5.74, 6) is 5.97. The summed E-state index contributed by atoms with van der Waals surface area (Å²) in [5, 5.41) is 11.4. The summed E-state index contributed by atoms with van der Waals surface area (Å²) in [6, 6.07) is 8.68. The zero-order valence-electron chi connectivity index (χ0n) is 13.1. The predicted octanol–water partition coefficient (Wildman–Crippen LogP) is 1.90. The van der Waals surface area contributed by atoms with E-state index in [1.54, 1.807) is 18.3 Å². The number of hydrogen-bond acceptors (Lipinski definition) is 7. The van der Waals surface area contributed by atoms with Crippen LogP contribution in [-0.4, -0.2) is 28.0 Å². The van der Waals surface area contributed by atoms with Gasteiger partial charge in [0.1, 0.15) is 5.84 Å². The van der Waals surface area contributed by atoms with Gasteiger partial charge in [-0.1, -0.05) is 13.0 Å². The number of nitro benzene ring substituents is 1. The Kier molecular flexibility index (Phi) is 4.30. The van der Waals surface area contributed by atoms with Crippen LogP contribution >= 0.6 is 0 Å². The number of amidine groups is 1. The van der Waals surface area contributed by atoms with Gasteiger partial charge in [0, 0.05) is 23.4 Å². The third-order valence-corrected chi connectivity index (χ3v) is 3.75. The van der Waals surface area contributed by atoms with Crippen LogP contribution in [0, 0.1) is 10.1 Å². The standard InChI is InChI=1S/C16H16N6O2/c1-2-10-7-13-11(8-14(10)22(23)24)16(12-5-3-4-6-18-12)19-9-15(20-13)21-17/h3-8H,2,9,17H2,1H3,(H,20,21). The minimum absolute atomic E-state index is 0.0549. The van der Waals surface area contributed by atoms with Gasteiger partial charge in [0.15, 0.2) is 0 Å². The molecule has 2 aromatic rings. The topological polar surface area (TPSA) is 119 Å². The molecule has 0 radical (unpaired) electrons. The van der Waals surface area contributed by atoms with Gasteiger partial charge in [-0.15, -0.1) is 0 Å². The Labute approximate surface area is 138 Å². The first kappa shape index (κ1) is 15.8. The lowest BCUT2D eigenvalue weighted by atomic mass is 9.99. The number of nitrogens with zero attached hydrogens (tertiary/aromatic N) is 4. The lowest BCUT2D eigenvalue weighted by molar-refractivity contribution is -0.385. The van der Waals surface area contributed by atoms with Gasteiger partial charge >= 0.3 is 0 Å². The lowest BCUT2D eigenvalue weighted by Gasteiger charge is -2.10. The number of aliphatic imine (C=N–C) groups is 2. The minimum atomic E-state index is -0.383. The monoisotopic (exact) mass is 324 g/mol. The van der Waals surface area contributed by atoms with Crippen molar-refractivity contribution in [2.24, 2.45) is 15.8 Å². The molecule has 0 atom stereocenters. The number of aromatic nitrogens is 1. The fourth-order valence-electron chi connectivity index (χ4n) is 2.57. The highest BCUT2D eigenvalue weighted by molar-refractivity contribution is 6.16. The number of fused-ring (bicyclic) bond motifs is 1. The van der Waals surface area contributed by atoms with E-state index in [1.807, 2.05) is 19.1 Å². The van der Waals surface area contributed by atoms with Crippen LogP contribution in [0.3, 0.4) is 0 Å². The Bertz CT molecular complexity index is 845. The number of pyridine rings is 1. The highest BCUT2D eigenvalue weighted by Crippen LogP contribution is 2.32. The Hall–Kier alpha value is -3.13. The average Bonchev–Trinajstić information content (AvgIpc) is 2.79. The van der Waals surface area contributed by atoms with Crippen LogP contribution in [-0.2, 0) is 6.42 Å². The van der Waals surface area contributed by atoms with Crippen molar-refractivity contribution < 1.29 is 4.92 Å². The third-order valence-electron chi connectivity index (χ3n) is 3.75. The summed E-state index contributed by atoms with van der Waals surface area (Å²) in [6.07, 6.45) is 2.18. The number of benzene rings is 1. The molecule has 0 amide bonds. The van der Waals surface area contributed by atoms with E-state index in [9.17, 15) is 10.1 Å². The first-order valence-corrected chi connectivity index (χ1v) is 7.45. The Morgan fingerprint density at radius 2 is 2.21 bits per heavy atom. The number of aryl methyl sites for hydroxylation is 1. The SMILES string of the molecule is CCc1cc2c(cc1[N+](=O)[O-])C(c1ccccn1)=NCC(NN)=N2. The van der Waals surface area contributed by atoms with E-state index in [4.69, 9.17) is 5.84 Å². The molecule has 3 rings (SSSR count). The summed E-state index contributed by atoms with van der Waals surface area (Å²) in [4.78, 5) is 24.3. The van der Waals surface area contributed by atoms with Crippen LogP contribution < -0.4 is 11.3 Å². The molecule has 8 nitrogen and oxygen atoms in total. The Morgan fingerprint density at radius 3 is 2.83 bits per heavy atom. The molecular weight excluding hydrogens is 308 g/mol. The first-order valence-electron chi connectivity index (χ1n) is 7.45. The first-order chi connectivity index (χ1) is 11.6. The van der Waals surface area contributed by atoms with Crippen molar-refractivity contribution in [2.75, 3.05) is 6.54 Å². The average molecular weight is 324 g/mol. The van der Waals surface area contributed by atoms with Gasteiger partial charge in [0.2, 0.25) is 0 Å². The maximum atomic E-state index is 11.4. The van der Waals surface area contributed by atoms with Crippen molar-refractivity contribution in [1.82, 2.24) is 10.4 Å². The largest absolute Gasteiger partial charge is 0.310 e. The summed E-state index contributed by atoms with van der Waals surface area (Å²) in [5.41, 5.74) is 5.54. The molecule has 1 aromatic carbocycles. The molecule has 0 saturated heterocycles. The second kappa shape index (κ2) is 6.55. The molecule has 0 bridgehead atoms. The van der Waals surface area contributed by atoms with Crippen LogP contribution in [0.5, 0.6) is 0 Å². The smallest absolute Gasteiger partial charge is 0.273 e. The molecule has 2 heterocycles. The van der Waals surface area contributed by atoms with Crippen molar-refractivity contribution in [3.8, 4) is 0 Å². The van der Waals surface area contributed by atoms with Crippen molar-refractivity contribution in [1.29, 1.82) is 0 Å². The van der Waals surface area contributed by atoms with Crippen molar-refractivity contribution in [3.05, 3.63) is 63.5 Å². The minimum Gasteiger partial charge on any atom is -0.310 e. The number of nitrogens with one attached hydrogen (secondary N) is 1. The highest BCUT2D eigenvalue weighted by Gasteiger charge is 2.23. The Balaban J connectivity index is 2.26. The van der Waals surface area contributed by atoms with Gasteiger partial charge in [-0.25, -0.2) is 10.8 Å². The summed E-state index contributed by atoms with van der Waals surface area (Å²) in [7, 11) is 0. The summed E-state index contributed by atoms with van der Waals surface area (Å²) in [6.45, 7) is 2.11. The van der Waals surface area contributed by atoms with Gasteiger partial charge in [0.05, 0.1) is 28.6 Å². The van der Waals surface area contributed by atoms with Gasteiger partial charge in [-0.05, 0) is 24.6 Å². The maximum Gasteiger partial charge on any atom is 0.273 e. The second-order valence-electron chi connectivity index (χ2n) is 5.19. The van der Waals surface area contributed by atoms with E-state index < -0.39 is 0 Å². The normalized spacial score (nSPS) is 13.4. The van der Waals surface area contributed by atoms with E-state index in [1.165, 1.54) is 6.07 Å². The molecular formula is C16H16N6O2. The molecule has 122 valence electrons. The van der Waals surface area contributed by atoms with Crippen LogP contribution in [0.1, 0.15) is 23.7 Å². The molecule has 24 heavy (non-hydrogen) atoms. The third kappa shape index (κ3) is 2.86. The highest BCUT2D eigenvalue weighted by atomic mass is 16.6. The van der Waals surface area contributed by atoms with Crippen molar-refractivity contribution in [3.63, 3.8) is 0 Å². The lowest BCUT2D eigenvalue weighted by Crippen LogP contribution is -2.32. The van der Waals surface area contributed by atoms with E-state index >= 15 is 0 Å². The molecule has 1 aliphatic heterocycles. The van der Waals surface area contributed by atoms with E-state index in [0.29, 0.717) is 40.5 Å². The predicted molar refractivity (Wildman–Crippen MR) is 91.6 cm³/mol. The molecule has 0 aliphatic carbocycles. The summed E-state index contributed by atoms with van der Waals surface area (Å²) >= 11 is 0. The fourth-order valence-corrected chi connectivity index (χ4v) is 2.57. The van der Waals surface area contributed by atoms with Crippen LogP contribution in [0.15, 0.2) is 46.5 Å². The zero-order chi connectivity index (χ0) is 17.1. The molecule has 0 fully saturated rings. The van der Waals surface area contributed by atoms with Gasteiger partial charge in [0.25, 0.3) is 5.69 Å². The number of nitrogens with two attached hydrogens (primary N) is 1. The molecule has 1 aliphatic rings. The quantitative estimate of drug-likeness (QED) is 0.507. The van der Waals surface area contributed by atoms with Crippen molar-refractivity contribution >= 4 is 22.9 Å². The van der Waals surface area contributed by atoms with E-state index in [2.05, 4.69) is 20.4 Å². The second-order valence-corrected chi connectivity index (χ2v) is 5.19. The molecule has 1 aromatic heterocycles. The van der Waals surface area contributed by atoms with Crippen molar-refractivity contribution in [2.45, 2.75) is 13.3 Å². The number of nitro groups is 1. The molecule has 3 N–H and O–H groups in total. The zero-order valence-corrected chi connectivity index (χ0v) is 13.1. The molecule has 0 saturated carbocycles. The Morgan fingerprint density at radius 1 is 1.38 bits per heavy atom. The molecule has 0 spiro atoms. The van der Waals surface area contributed by atoms with E-state index in [-0.39, 0.29) is 17.2 Å². The van der Waals surface area contributed by atoms with Gasteiger partial charge < -0.3 is 5.43 Å². The van der Waals surface area contributed by atoms with Gasteiger partial charge in [-0.2, -0.15) is 0 Å².